The molecule has 25 heavy (non-hydrogen) atoms. The van der Waals surface area contributed by atoms with Crippen molar-refractivity contribution in [1.82, 2.24) is 0 Å². The van der Waals surface area contributed by atoms with Gasteiger partial charge in [-0.15, -0.1) is 0 Å². The Labute approximate surface area is 150 Å². The van der Waals surface area contributed by atoms with Crippen LogP contribution in [0.1, 0.15) is 58.1 Å². The zero-order valence-electron chi connectivity index (χ0n) is 15.8. The van der Waals surface area contributed by atoms with Gasteiger partial charge in [-0.05, 0) is 87.6 Å². The molecule has 0 amide bonds. The number of hydrogen-bond acceptors (Lipinski definition) is 2. The molecule has 1 aliphatic rings. The fourth-order valence-electron chi connectivity index (χ4n) is 4.20. The van der Waals surface area contributed by atoms with Crippen LogP contribution in [0.2, 0.25) is 0 Å². The molecular formula is C22H27FN2. The highest BCUT2D eigenvalue weighted by molar-refractivity contribution is 5.83. The Morgan fingerprint density at radius 2 is 1.84 bits per heavy atom. The minimum absolute atomic E-state index is 0.157. The molecule has 1 atom stereocenters. The predicted molar refractivity (Wildman–Crippen MR) is 105 cm³/mol. The smallest absolute Gasteiger partial charge is 0.123 e. The van der Waals surface area contributed by atoms with Crippen LogP contribution in [0.15, 0.2) is 47.5 Å². The SMILES string of the molecule is CC1CC(C)(C)N(C(C)C)c2ccc(C=Nc3ccc(F)cc3)cc21. The summed E-state index contributed by atoms with van der Waals surface area (Å²) >= 11 is 0. The van der Waals surface area contributed by atoms with Crippen LogP contribution in [-0.2, 0) is 0 Å². The number of aliphatic imine (C=N–C) groups is 1. The zero-order chi connectivity index (χ0) is 18.2. The van der Waals surface area contributed by atoms with Crippen molar-refractivity contribution in [1.29, 1.82) is 0 Å². The van der Waals surface area contributed by atoms with Gasteiger partial charge >= 0.3 is 0 Å². The molecule has 1 heterocycles. The Kier molecular flexibility index (Phi) is 4.68. The molecule has 3 rings (SSSR count). The molecule has 0 N–H and O–H groups in total. The topological polar surface area (TPSA) is 15.6 Å². The summed E-state index contributed by atoms with van der Waals surface area (Å²) in [5.74, 6) is 0.275. The van der Waals surface area contributed by atoms with Gasteiger partial charge in [0.25, 0.3) is 0 Å². The van der Waals surface area contributed by atoms with Crippen molar-refractivity contribution >= 4 is 17.6 Å². The van der Waals surface area contributed by atoms with Gasteiger partial charge in [-0.3, -0.25) is 4.99 Å². The Hall–Kier alpha value is -2.16. The van der Waals surface area contributed by atoms with Gasteiger partial charge in [-0.1, -0.05) is 13.0 Å². The highest BCUT2D eigenvalue weighted by atomic mass is 19.1. The van der Waals surface area contributed by atoms with Crippen molar-refractivity contribution in [3.63, 3.8) is 0 Å². The van der Waals surface area contributed by atoms with Gasteiger partial charge < -0.3 is 4.90 Å². The van der Waals surface area contributed by atoms with Crippen LogP contribution in [0.5, 0.6) is 0 Å². The molecule has 132 valence electrons. The molecule has 2 aromatic rings. The second-order valence-electron chi connectivity index (χ2n) is 7.93. The van der Waals surface area contributed by atoms with Gasteiger partial charge in [0.1, 0.15) is 5.82 Å². The van der Waals surface area contributed by atoms with Crippen LogP contribution in [0, 0.1) is 5.82 Å². The average molecular weight is 338 g/mol. The molecule has 2 aromatic carbocycles. The molecule has 1 unspecified atom stereocenters. The number of anilines is 1. The van der Waals surface area contributed by atoms with E-state index in [2.05, 4.69) is 62.7 Å². The predicted octanol–water partition coefficient (Wildman–Crippen LogP) is 6.08. The van der Waals surface area contributed by atoms with Gasteiger partial charge in [0.2, 0.25) is 0 Å². The van der Waals surface area contributed by atoms with Crippen molar-refractivity contribution < 1.29 is 4.39 Å². The van der Waals surface area contributed by atoms with E-state index >= 15 is 0 Å². The summed E-state index contributed by atoms with van der Waals surface area (Å²) < 4.78 is 13.0. The first-order valence-electron chi connectivity index (χ1n) is 9.01. The summed E-state index contributed by atoms with van der Waals surface area (Å²) in [6.07, 6.45) is 3.00. The molecule has 2 nitrogen and oxygen atoms in total. The summed E-state index contributed by atoms with van der Waals surface area (Å²) in [6.45, 7) is 11.5. The number of fused-ring (bicyclic) bond motifs is 1. The van der Waals surface area contributed by atoms with E-state index in [0.717, 1.165) is 17.7 Å². The number of rotatable bonds is 3. The molecular weight excluding hydrogens is 311 g/mol. The van der Waals surface area contributed by atoms with Crippen LogP contribution in [0.4, 0.5) is 15.8 Å². The van der Waals surface area contributed by atoms with E-state index in [9.17, 15) is 4.39 Å². The highest BCUT2D eigenvalue weighted by Crippen LogP contribution is 2.44. The maximum atomic E-state index is 13.0. The molecule has 0 bridgehead atoms. The van der Waals surface area contributed by atoms with Crippen LogP contribution in [0.25, 0.3) is 0 Å². The summed E-state index contributed by atoms with van der Waals surface area (Å²) in [7, 11) is 0. The lowest BCUT2D eigenvalue weighted by molar-refractivity contribution is 0.356. The van der Waals surface area contributed by atoms with E-state index in [1.54, 1.807) is 12.1 Å². The summed E-state index contributed by atoms with van der Waals surface area (Å²) in [6, 6.07) is 13.3. The fourth-order valence-corrected chi connectivity index (χ4v) is 4.20. The van der Waals surface area contributed by atoms with Gasteiger partial charge in [0.15, 0.2) is 0 Å². The first kappa shape index (κ1) is 17.7. The van der Waals surface area contributed by atoms with E-state index in [4.69, 9.17) is 0 Å². The molecule has 3 heteroatoms. The average Bonchev–Trinajstić information content (AvgIpc) is 2.53. The molecule has 0 spiro atoms. The van der Waals surface area contributed by atoms with Crippen molar-refractivity contribution in [2.75, 3.05) is 4.90 Å². The van der Waals surface area contributed by atoms with Gasteiger partial charge in [-0.2, -0.15) is 0 Å². The van der Waals surface area contributed by atoms with Crippen LogP contribution < -0.4 is 4.90 Å². The van der Waals surface area contributed by atoms with E-state index in [-0.39, 0.29) is 11.4 Å². The second kappa shape index (κ2) is 6.62. The first-order chi connectivity index (χ1) is 11.8. The molecule has 0 saturated carbocycles. The Balaban J connectivity index is 1.93. The molecule has 0 aliphatic carbocycles. The lowest BCUT2D eigenvalue weighted by Gasteiger charge is -2.50. The molecule has 0 fully saturated rings. The van der Waals surface area contributed by atoms with Crippen molar-refractivity contribution in [2.24, 2.45) is 4.99 Å². The first-order valence-corrected chi connectivity index (χ1v) is 9.01. The largest absolute Gasteiger partial charge is 0.364 e. The van der Waals surface area contributed by atoms with Crippen LogP contribution in [-0.4, -0.2) is 17.8 Å². The number of benzene rings is 2. The molecule has 0 saturated heterocycles. The van der Waals surface area contributed by atoms with Crippen LogP contribution in [0.3, 0.4) is 0 Å². The third-order valence-electron chi connectivity index (χ3n) is 5.01. The lowest BCUT2D eigenvalue weighted by Crippen LogP contribution is -2.51. The highest BCUT2D eigenvalue weighted by Gasteiger charge is 2.37. The summed E-state index contributed by atoms with van der Waals surface area (Å²) in [5.41, 5.74) is 4.72. The molecule has 0 aromatic heterocycles. The van der Waals surface area contributed by atoms with Crippen molar-refractivity contribution in [2.45, 2.75) is 58.5 Å². The standard InChI is InChI=1S/C22H27FN2/c1-15(2)25-21-11-6-17(12-20(21)16(3)13-22(25,4)5)14-24-19-9-7-18(23)8-10-19/h6-12,14-16H,13H2,1-5H3. The minimum Gasteiger partial charge on any atom is -0.364 e. The second-order valence-corrected chi connectivity index (χ2v) is 7.93. The zero-order valence-corrected chi connectivity index (χ0v) is 15.8. The van der Waals surface area contributed by atoms with Crippen LogP contribution >= 0.6 is 0 Å². The maximum Gasteiger partial charge on any atom is 0.123 e. The van der Waals surface area contributed by atoms with Gasteiger partial charge in [0.05, 0.1) is 5.69 Å². The van der Waals surface area contributed by atoms with Crippen molar-refractivity contribution in [3.8, 4) is 0 Å². The van der Waals surface area contributed by atoms with E-state index in [0.29, 0.717) is 12.0 Å². The quantitative estimate of drug-likeness (QED) is 0.620. The van der Waals surface area contributed by atoms with Gasteiger partial charge in [0, 0.05) is 23.5 Å². The monoisotopic (exact) mass is 338 g/mol. The lowest BCUT2D eigenvalue weighted by atomic mass is 9.79. The van der Waals surface area contributed by atoms with E-state index < -0.39 is 0 Å². The number of hydrogen-bond donors (Lipinski definition) is 0. The molecule has 0 radical (unpaired) electrons. The number of nitrogens with zero attached hydrogens (tertiary/aromatic N) is 2. The summed E-state index contributed by atoms with van der Waals surface area (Å²) in [4.78, 5) is 7.00. The Bertz CT molecular complexity index is 775. The third-order valence-corrected chi connectivity index (χ3v) is 5.01. The van der Waals surface area contributed by atoms with Crippen molar-refractivity contribution in [3.05, 3.63) is 59.4 Å². The molecule has 1 aliphatic heterocycles. The van der Waals surface area contributed by atoms with E-state index in [1.807, 2.05) is 6.21 Å². The fraction of sp³-hybridized carbons (Fsp3) is 0.409. The normalized spacial score (nSPS) is 19.5. The minimum atomic E-state index is -0.238. The van der Waals surface area contributed by atoms with E-state index in [1.165, 1.54) is 23.4 Å². The Morgan fingerprint density at radius 1 is 1.16 bits per heavy atom. The van der Waals surface area contributed by atoms with Gasteiger partial charge in [-0.25, -0.2) is 4.39 Å². The maximum absolute atomic E-state index is 13.0. The Morgan fingerprint density at radius 3 is 2.48 bits per heavy atom. The third kappa shape index (κ3) is 3.60. The summed E-state index contributed by atoms with van der Waals surface area (Å²) in [5, 5.41) is 0. The number of halogens is 1.